The molecule has 2 fully saturated rings. The van der Waals surface area contributed by atoms with Crippen molar-refractivity contribution >= 4 is 21.8 Å². The third kappa shape index (κ3) is 3.45. The highest BCUT2D eigenvalue weighted by atomic mass is 32.2. The smallest absolute Gasteiger partial charge is 0.241 e. The zero-order chi connectivity index (χ0) is 15.8. The molecule has 8 heteroatoms. The fourth-order valence-electron chi connectivity index (χ4n) is 2.96. The molecule has 22 heavy (non-hydrogen) atoms. The topological polar surface area (TPSA) is 55.4 Å². The molecule has 2 aliphatic heterocycles. The molecule has 0 aliphatic carbocycles. The quantitative estimate of drug-likeness (QED) is 0.910. The Balaban J connectivity index is 1.76. The Kier molecular flexibility index (Phi) is 4.46. The van der Waals surface area contributed by atoms with Crippen LogP contribution in [0.5, 0.6) is 0 Å². The summed E-state index contributed by atoms with van der Waals surface area (Å²) in [5.41, 5.74) is -0.261. The summed E-state index contributed by atoms with van der Waals surface area (Å²) >= 11 is 1.80. The fraction of sp³-hybridized carbons (Fsp3) is 0.571. The third-order valence-electron chi connectivity index (χ3n) is 4.03. The van der Waals surface area contributed by atoms with Crippen LogP contribution in [0.2, 0.25) is 0 Å². The van der Waals surface area contributed by atoms with Gasteiger partial charge < -0.3 is 4.74 Å². The number of thioether (sulfide) groups is 1. The summed E-state index contributed by atoms with van der Waals surface area (Å²) in [7, 11) is -3.94. The minimum Gasteiger partial charge on any atom is -0.374 e. The number of halogens is 2. The van der Waals surface area contributed by atoms with Gasteiger partial charge in [0.1, 0.15) is 11.6 Å². The minimum absolute atomic E-state index is 0.261. The average molecular weight is 349 g/mol. The number of hydrogen-bond donors (Lipinski definition) is 1. The molecule has 2 atom stereocenters. The highest BCUT2D eigenvalue weighted by Gasteiger charge is 2.41. The number of rotatable bonds is 3. The van der Waals surface area contributed by atoms with E-state index in [9.17, 15) is 17.2 Å². The lowest BCUT2D eigenvalue weighted by Gasteiger charge is -2.37. The van der Waals surface area contributed by atoms with E-state index >= 15 is 0 Å². The summed E-state index contributed by atoms with van der Waals surface area (Å²) in [6.45, 7) is 0.491. The van der Waals surface area contributed by atoms with E-state index < -0.39 is 21.7 Å². The van der Waals surface area contributed by atoms with Gasteiger partial charge in [0.25, 0.3) is 0 Å². The lowest BCUT2D eigenvalue weighted by atomic mass is 9.90. The second-order valence-electron chi connectivity index (χ2n) is 5.75. The molecule has 0 bridgehead atoms. The summed E-state index contributed by atoms with van der Waals surface area (Å²) in [6.07, 6.45) is 2.06. The first kappa shape index (κ1) is 16.2. The molecule has 1 aromatic carbocycles. The van der Waals surface area contributed by atoms with E-state index in [1.54, 1.807) is 11.8 Å². The van der Waals surface area contributed by atoms with Crippen LogP contribution in [0, 0.1) is 11.6 Å². The maximum Gasteiger partial charge on any atom is 0.241 e. The predicted octanol–water partition coefficient (Wildman–Crippen LogP) is 2.30. The zero-order valence-corrected chi connectivity index (χ0v) is 13.5. The van der Waals surface area contributed by atoms with Gasteiger partial charge in [0.2, 0.25) is 10.0 Å². The first-order chi connectivity index (χ1) is 10.4. The first-order valence-corrected chi connectivity index (χ1v) is 9.73. The summed E-state index contributed by atoms with van der Waals surface area (Å²) in [5.74, 6) is 0.0565. The molecule has 3 rings (SSSR count). The maximum atomic E-state index is 13.2. The number of ether oxygens (including phenoxy) is 1. The van der Waals surface area contributed by atoms with Crippen LogP contribution in [0.25, 0.3) is 0 Å². The molecule has 2 aliphatic rings. The van der Waals surface area contributed by atoms with Gasteiger partial charge >= 0.3 is 0 Å². The molecule has 0 radical (unpaired) electrons. The van der Waals surface area contributed by atoms with Crippen LogP contribution in [0.3, 0.4) is 0 Å². The average Bonchev–Trinajstić information content (AvgIpc) is 2.85. The van der Waals surface area contributed by atoms with Crippen LogP contribution in [-0.4, -0.2) is 38.2 Å². The molecule has 0 aromatic heterocycles. The van der Waals surface area contributed by atoms with Crippen molar-refractivity contribution in [2.24, 2.45) is 0 Å². The number of benzene rings is 1. The summed E-state index contributed by atoms with van der Waals surface area (Å²) < 4.78 is 59.5. The van der Waals surface area contributed by atoms with E-state index in [2.05, 4.69) is 4.72 Å². The Morgan fingerprint density at radius 3 is 2.64 bits per heavy atom. The Morgan fingerprint density at radius 2 is 2.00 bits per heavy atom. The summed E-state index contributed by atoms with van der Waals surface area (Å²) in [5, 5.41) is 0. The molecule has 4 nitrogen and oxygen atoms in total. The minimum atomic E-state index is -3.94. The van der Waals surface area contributed by atoms with Gasteiger partial charge in [0, 0.05) is 24.5 Å². The van der Waals surface area contributed by atoms with E-state index in [0.717, 1.165) is 30.1 Å². The predicted molar refractivity (Wildman–Crippen MR) is 80.3 cm³/mol. The summed E-state index contributed by atoms with van der Waals surface area (Å²) in [6, 6.07) is 2.03. The van der Waals surface area contributed by atoms with Gasteiger partial charge in [-0.3, -0.25) is 0 Å². The van der Waals surface area contributed by atoms with Crippen molar-refractivity contribution in [3.05, 3.63) is 29.8 Å². The van der Waals surface area contributed by atoms with Gasteiger partial charge in [-0.05, 0) is 37.1 Å². The van der Waals surface area contributed by atoms with Crippen molar-refractivity contribution < 1.29 is 21.9 Å². The number of nitrogens with one attached hydrogen (secondary N) is 1. The molecule has 0 amide bonds. The Labute approximate surface area is 132 Å². The van der Waals surface area contributed by atoms with Crippen LogP contribution in [0.4, 0.5) is 8.78 Å². The van der Waals surface area contributed by atoms with Crippen LogP contribution in [0.15, 0.2) is 23.1 Å². The van der Waals surface area contributed by atoms with Gasteiger partial charge in [-0.25, -0.2) is 21.9 Å². The molecular formula is C14H17F2NO3S2. The van der Waals surface area contributed by atoms with E-state index in [4.69, 9.17) is 4.74 Å². The molecule has 122 valence electrons. The standard InChI is InChI=1S/C14H17F2NO3S2/c15-10-5-11(16)7-13(6-10)22(18,19)17-12-1-3-20-14(8-12)2-4-21-9-14/h5-7,12,17H,1-4,8-9H2/t12-,14-/m0/s1. The SMILES string of the molecule is O=S(=O)(N[C@H]1CCO[C@@]2(CCSC2)C1)c1cc(F)cc(F)c1. The van der Waals surface area contributed by atoms with Crippen LogP contribution in [-0.2, 0) is 14.8 Å². The van der Waals surface area contributed by atoms with Gasteiger partial charge in [-0.1, -0.05) is 0 Å². The van der Waals surface area contributed by atoms with Gasteiger partial charge in [-0.15, -0.1) is 0 Å². The second-order valence-corrected chi connectivity index (χ2v) is 8.57. The Morgan fingerprint density at radius 1 is 1.27 bits per heavy atom. The third-order valence-corrected chi connectivity index (χ3v) is 6.75. The van der Waals surface area contributed by atoms with E-state index in [0.29, 0.717) is 25.5 Å². The molecule has 1 N–H and O–H groups in total. The van der Waals surface area contributed by atoms with Gasteiger partial charge in [-0.2, -0.15) is 11.8 Å². The monoisotopic (exact) mass is 349 g/mol. The van der Waals surface area contributed by atoms with E-state index in [-0.39, 0.29) is 16.5 Å². The Bertz CT molecular complexity index is 640. The fourth-order valence-corrected chi connectivity index (χ4v) is 5.65. The lowest BCUT2D eigenvalue weighted by molar-refractivity contribution is -0.0673. The number of hydrogen-bond acceptors (Lipinski definition) is 4. The van der Waals surface area contributed by atoms with Crippen molar-refractivity contribution in [2.45, 2.75) is 35.8 Å². The molecule has 2 saturated heterocycles. The lowest BCUT2D eigenvalue weighted by Crippen LogP contribution is -2.48. The van der Waals surface area contributed by atoms with Gasteiger partial charge in [0.05, 0.1) is 10.5 Å². The normalized spacial score (nSPS) is 29.1. The molecule has 0 unspecified atom stereocenters. The van der Waals surface area contributed by atoms with E-state index in [1.165, 1.54) is 0 Å². The van der Waals surface area contributed by atoms with Crippen molar-refractivity contribution in [3.63, 3.8) is 0 Å². The van der Waals surface area contributed by atoms with E-state index in [1.807, 2.05) is 0 Å². The maximum absolute atomic E-state index is 13.2. The zero-order valence-electron chi connectivity index (χ0n) is 11.8. The molecule has 2 heterocycles. The number of sulfonamides is 1. The van der Waals surface area contributed by atoms with Crippen molar-refractivity contribution in [2.75, 3.05) is 18.1 Å². The molecule has 1 spiro atoms. The van der Waals surface area contributed by atoms with Gasteiger partial charge in [0.15, 0.2) is 0 Å². The highest BCUT2D eigenvalue weighted by molar-refractivity contribution is 7.99. The molecular weight excluding hydrogens is 332 g/mol. The van der Waals surface area contributed by atoms with Crippen molar-refractivity contribution in [1.82, 2.24) is 4.72 Å². The first-order valence-electron chi connectivity index (χ1n) is 7.09. The largest absolute Gasteiger partial charge is 0.374 e. The van der Waals surface area contributed by atoms with Crippen LogP contribution < -0.4 is 4.72 Å². The van der Waals surface area contributed by atoms with Crippen LogP contribution >= 0.6 is 11.8 Å². The van der Waals surface area contributed by atoms with Crippen molar-refractivity contribution in [1.29, 1.82) is 0 Å². The molecule has 0 saturated carbocycles. The summed E-state index contributed by atoms with van der Waals surface area (Å²) in [4.78, 5) is -0.383. The molecule has 1 aromatic rings. The Hall–Kier alpha value is -0.700. The highest BCUT2D eigenvalue weighted by Crippen LogP contribution is 2.38. The van der Waals surface area contributed by atoms with Crippen molar-refractivity contribution in [3.8, 4) is 0 Å². The van der Waals surface area contributed by atoms with Crippen LogP contribution in [0.1, 0.15) is 19.3 Å². The second kappa shape index (κ2) is 6.07.